The summed E-state index contributed by atoms with van der Waals surface area (Å²) in [4.78, 5) is 2.40. The lowest BCUT2D eigenvalue weighted by molar-refractivity contribution is 1.18. The molecule has 0 fully saturated rings. The van der Waals surface area contributed by atoms with Crippen molar-refractivity contribution in [1.29, 1.82) is 0 Å². The first-order chi connectivity index (χ1) is 29.8. The maximum Gasteiger partial charge on any atom is 0.0562 e. The van der Waals surface area contributed by atoms with E-state index in [-0.39, 0.29) is 0 Å². The molecule has 11 aromatic rings. The molecule has 0 bridgehead atoms. The Morgan fingerprint density at radius 2 is 0.833 bits per heavy atom. The molecule has 11 rings (SSSR count). The van der Waals surface area contributed by atoms with E-state index in [2.05, 4.69) is 252 Å². The predicted molar refractivity (Wildman–Crippen MR) is 255 cm³/mol. The van der Waals surface area contributed by atoms with Crippen molar-refractivity contribution < 1.29 is 0 Å². The van der Waals surface area contributed by atoms with E-state index in [1.54, 1.807) is 0 Å². The molecule has 0 saturated heterocycles. The predicted octanol–water partition coefficient (Wildman–Crippen LogP) is 16.1. The van der Waals surface area contributed by atoms with Crippen LogP contribution in [-0.2, 0) is 0 Å². The van der Waals surface area contributed by atoms with Crippen molar-refractivity contribution in [3.63, 3.8) is 0 Å². The Bertz CT molecular complexity index is 3290. The molecule has 0 atom stereocenters. The van der Waals surface area contributed by atoms with E-state index in [0.717, 1.165) is 28.3 Å². The zero-order valence-corrected chi connectivity index (χ0v) is 33.0. The minimum atomic E-state index is 1.08. The molecule has 0 radical (unpaired) electrons. The zero-order valence-electron chi connectivity index (χ0n) is 33.0. The van der Waals surface area contributed by atoms with Crippen LogP contribution in [0.2, 0.25) is 0 Å². The molecule has 282 valence electrons. The van der Waals surface area contributed by atoms with Gasteiger partial charge in [-0.3, -0.25) is 0 Å². The average Bonchev–Trinajstić information content (AvgIpc) is 3.66. The van der Waals surface area contributed by atoms with Gasteiger partial charge in [0, 0.05) is 33.4 Å². The molecule has 0 amide bonds. The number of fused-ring (bicyclic) bond motifs is 4. The highest BCUT2D eigenvalue weighted by Gasteiger charge is 2.21. The Hall–Kier alpha value is -7.94. The second-order valence-electron chi connectivity index (χ2n) is 15.3. The number of benzene rings is 10. The summed E-state index contributed by atoms with van der Waals surface area (Å²) in [5.74, 6) is 0. The quantitative estimate of drug-likeness (QED) is 0.150. The second kappa shape index (κ2) is 15.1. The minimum absolute atomic E-state index is 1.08. The molecule has 0 spiro atoms. The Morgan fingerprint density at radius 1 is 0.267 bits per heavy atom. The zero-order chi connectivity index (χ0) is 39.8. The molecule has 1 aromatic heterocycles. The van der Waals surface area contributed by atoms with Crippen LogP contribution in [0, 0.1) is 0 Å². The van der Waals surface area contributed by atoms with Gasteiger partial charge in [0.05, 0.1) is 16.7 Å². The molecule has 0 saturated carbocycles. The molecule has 1 heterocycles. The third-order valence-electron chi connectivity index (χ3n) is 11.8. The van der Waals surface area contributed by atoms with E-state index in [1.165, 1.54) is 71.6 Å². The molecule has 10 aromatic carbocycles. The molecule has 0 aliphatic heterocycles. The largest absolute Gasteiger partial charge is 0.310 e. The maximum absolute atomic E-state index is 2.47. The lowest BCUT2D eigenvalue weighted by Gasteiger charge is -2.27. The Balaban J connectivity index is 1.15. The van der Waals surface area contributed by atoms with Crippen LogP contribution in [0.3, 0.4) is 0 Å². The van der Waals surface area contributed by atoms with Gasteiger partial charge in [-0.05, 0) is 104 Å². The topological polar surface area (TPSA) is 8.17 Å². The molecule has 0 N–H and O–H groups in total. The molecule has 0 aliphatic carbocycles. The van der Waals surface area contributed by atoms with Gasteiger partial charge in [-0.1, -0.05) is 188 Å². The lowest BCUT2D eigenvalue weighted by Crippen LogP contribution is -2.10. The summed E-state index contributed by atoms with van der Waals surface area (Å²) in [6, 6.07) is 88.0. The fraction of sp³-hybridized carbons (Fsp3) is 0. The van der Waals surface area contributed by atoms with Crippen LogP contribution in [-0.4, -0.2) is 4.57 Å². The molecule has 0 aliphatic rings. The molecule has 60 heavy (non-hydrogen) atoms. The van der Waals surface area contributed by atoms with E-state index in [4.69, 9.17) is 0 Å². The van der Waals surface area contributed by atoms with Crippen molar-refractivity contribution >= 4 is 49.6 Å². The summed E-state index contributed by atoms with van der Waals surface area (Å²) < 4.78 is 2.47. The average molecular weight is 765 g/mol. The summed E-state index contributed by atoms with van der Waals surface area (Å²) in [6.07, 6.45) is 0. The van der Waals surface area contributed by atoms with Crippen molar-refractivity contribution in [3.05, 3.63) is 243 Å². The first-order valence-corrected chi connectivity index (χ1v) is 20.6. The van der Waals surface area contributed by atoms with Crippen molar-refractivity contribution in [3.8, 4) is 50.2 Å². The van der Waals surface area contributed by atoms with Crippen LogP contribution in [0.25, 0.3) is 82.8 Å². The van der Waals surface area contributed by atoms with E-state index in [9.17, 15) is 0 Å². The van der Waals surface area contributed by atoms with Gasteiger partial charge >= 0.3 is 0 Å². The summed E-state index contributed by atoms with van der Waals surface area (Å²) in [6.45, 7) is 0. The highest BCUT2D eigenvalue weighted by molar-refractivity contribution is 6.11. The second-order valence-corrected chi connectivity index (χ2v) is 15.3. The van der Waals surface area contributed by atoms with Gasteiger partial charge in [-0.2, -0.15) is 0 Å². The van der Waals surface area contributed by atoms with Crippen LogP contribution in [0.1, 0.15) is 0 Å². The van der Waals surface area contributed by atoms with Gasteiger partial charge in [0.2, 0.25) is 0 Å². The number of hydrogen-bond acceptors (Lipinski definition) is 1. The van der Waals surface area contributed by atoms with Gasteiger partial charge in [-0.25, -0.2) is 0 Å². The monoisotopic (exact) mass is 764 g/mol. The van der Waals surface area contributed by atoms with Crippen molar-refractivity contribution in [2.24, 2.45) is 0 Å². The number of anilines is 3. The molecule has 2 heteroatoms. The summed E-state index contributed by atoms with van der Waals surface area (Å²) >= 11 is 0. The first-order valence-electron chi connectivity index (χ1n) is 20.6. The number of rotatable bonds is 8. The Kier molecular flexibility index (Phi) is 8.87. The fourth-order valence-corrected chi connectivity index (χ4v) is 8.99. The van der Waals surface area contributed by atoms with E-state index >= 15 is 0 Å². The number of nitrogens with zero attached hydrogens (tertiary/aromatic N) is 2. The maximum atomic E-state index is 2.47. The van der Waals surface area contributed by atoms with Gasteiger partial charge in [-0.15, -0.1) is 0 Å². The fourth-order valence-electron chi connectivity index (χ4n) is 8.99. The van der Waals surface area contributed by atoms with Crippen LogP contribution >= 0.6 is 0 Å². The van der Waals surface area contributed by atoms with Crippen LogP contribution in [0.4, 0.5) is 17.1 Å². The summed E-state index contributed by atoms with van der Waals surface area (Å²) in [5.41, 5.74) is 16.3. The van der Waals surface area contributed by atoms with Gasteiger partial charge in [0.15, 0.2) is 0 Å². The van der Waals surface area contributed by atoms with Gasteiger partial charge in [0.1, 0.15) is 0 Å². The third-order valence-corrected chi connectivity index (χ3v) is 11.8. The number of aromatic nitrogens is 1. The Labute approximate surface area is 350 Å². The number of hydrogen-bond donors (Lipinski definition) is 0. The van der Waals surface area contributed by atoms with Gasteiger partial charge in [0.25, 0.3) is 0 Å². The van der Waals surface area contributed by atoms with E-state index in [0.29, 0.717) is 0 Å². The summed E-state index contributed by atoms with van der Waals surface area (Å²) in [5, 5.41) is 4.92. The molecular formula is C58H40N2. The van der Waals surface area contributed by atoms with E-state index < -0.39 is 0 Å². The van der Waals surface area contributed by atoms with E-state index in [1.807, 2.05) is 0 Å². The van der Waals surface area contributed by atoms with Gasteiger partial charge < -0.3 is 9.47 Å². The van der Waals surface area contributed by atoms with Crippen molar-refractivity contribution in [2.45, 2.75) is 0 Å². The SMILES string of the molecule is c1ccc(-c2ccc(-n3c4ccccc4c4ccc(N(c5ccccc5)c5ccc(-c6cccc7ccccc67)c(-c6ccccc6)c5)cc43)c(-c3ccccc3)c2)cc1. The molecule has 2 nitrogen and oxygen atoms in total. The smallest absolute Gasteiger partial charge is 0.0562 e. The highest BCUT2D eigenvalue weighted by Crippen LogP contribution is 2.45. The van der Waals surface area contributed by atoms with Crippen LogP contribution in [0.15, 0.2) is 243 Å². The first kappa shape index (κ1) is 35.2. The van der Waals surface area contributed by atoms with Crippen molar-refractivity contribution in [1.82, 2.24) is 4.57 Å². The normalized spacial score (nSPS) is 11.3. The highest BCUT2D eigenvalue weighted by atomic mass is 15.1. The molecule has 0 unspecified atom stereocenters. The van der Waals surface area contributed by atoms with Crippen molar-refractivity contribution in [2.75, 3.05) is 4.90 Å². The molecular weight excluding hydrogens is 725 g/mol. The van der Waals surface area contributed by atoms with Crippen LogP contribution < -0.4 is 4.90 Å². The van der Waals surface area contributed by atoms with Crippen LogP contribution in [0.5, 0.6) is 0 Å². The number of para-hydroxylation sites is 2. The Morgan fingerprint density at radius 3 is 1.58 bits per heavy atom. The lowest BCUT2D eigenvalue weighted by atomic mass is 9.91. The standard InChI is InChI=1S/C58H40N2/c1-5-18-41(19-6-1)45-32-37-57(55(38-45)44-22-9-3-10-23-44)60-56-31-16-15-29-52(56)53-36-34-48(40-58(53)60)59(46-26-11-4-12-27-46)47-33-35-51(54(39-47)43-20-7-2-8-21-43)50-30-17-25-42-24-13-14-28-49(42)50/h1-40H. The third kappa shape index (κ3) is 6.23. The minimum Gasteiger partial charge on any atom is -0.310 e. The summed E-state index contributed by atoms with van der Waals surface area (Å²) in [7, 11) is 0.